The van der Waals surface area contributed by atoms with E-state index in [1.54, 1.807) is 12.4 Å². The van der Waals surface area contributed by atoms with Gasteiger partial charge in [-0.15, -0.1) is 0 Å². The maximum absolute atomic E-state index is 12.6. The molecule has 3 fully saturated rings. The second kappa shape index (κ2) is 8.95. The monoisotopic (exact) mass is 417 g/mol. The molecule has 2 N–H and O–H groups in total. The van der Waals surface area contributed by atoms with Crippen molar-refractivity contribution in [1.82, 2.24) is 19.8 Å². The fraction of sp³-hybridized carbons (Fsp3) is 0.714. The molecule has 3 aliphatic rings. The van der Waals surface area contributed by atoms with Gasteiger partial charge in [0.05, 0.1) is 0 Å². The summed E-state index contributed by atoms with van der Waals surface area (Å²) in [5.74, 6) is -0.316. The Morgan fingerprint density at radius 1 is 0.900 bits per heavy atom. The van der Waals surface area contributed by atoms with E-state index in [1.807, 2.05) is 6.07 Å². The number of imide groups is 1. The number of unbranched alkanes of at least 4 members (excludes halogenated alkanes) is 1. The minimum Gasteiger partial charge on any atom is -0.383 e. The summed E-state index contributed by atoms with van der Waals surface area (Å²) in [6.45, 7) is 4.70. The van der Waals surface area contributed by atoms with Crippen LogP contribution >= 0.6 is 0 Å². The molecule has 2 amide bonds. The van der Waals surface area contributed by atoms with Crippen LogP contribution in [0.2, 0.25) is 0 Å². The van der Waals surface area contributed by atoms with Gasteiger partial charge in [-0.25, -0.2) is 9.97 Å². The van der Waals surface area contributed by atoms with Gasteiger partial charge in [-0.3, -0.25) is 19.4 Å². The number of likely N-dealkylation sites (tertiary alicyclic amines) is 1. The molecule has 9 nitrogen and oxygen atoms in total. The number of piperidine rings is 1. The SMILES string of the molecule is O=C1[C@H](O)C2(CCCC2)[C@@H](O)C(=O)N1CCCCN1CCN(c2ncccn2)CC1. The number of nitrogens with zero attached hydrogens (tertiary/aromatic N) is 5. The maximum atomic E-state index is 12.6. The Labute approximate surface area is 176 Å². The number of aliphatic hydroxyl groups excluding tert-OH is 2. The molecule has 1 aliphatic carbocycles. The van der Waals surface area contributed by atoms with Gasteiger partial charge in [0.2, 0.25) is 5.95 Å². The van der Waals surface area contributed by atoms with E-state index >= 15 is 0 Å². The number of hydrogen-bond acceptors (Lipinski definition) is 8. The Balaban J connectivity index is 1.21. The highest BCUT2D eigenvalue weighted by molar-refractivity contribution is 6.03. The van der Waals surface area contributed by atoms with Crippen LogP contribution in [0.5, 0.6) is 0 Å². The molecule has 9 heteroatoms. The standard InChI is InChI=1S/C21H31N5O4/c27-16-18(29)26(19(30)17(28)21(16)6-1-2-7-21)11-4-3-10-24-12-14-25(15-13-24)20-22-8-5-9-23-20/h5,8-9,16-17,27-28H,1-4,6-7,10-15H2/t16-,17-/m0/s1. The Morgan fingerprint density at radius 3 is 2.07 bits per heavy atom. The quantitative estimate of drug-likeness (QED) is 0.493. The molecule has 1 aromatic heterocycles. The van der Waals surface area contributed by atoms with Crippen LogP contribution in [0.15, 0.2) is 18.5 Å². The van der Waals surface area contributed by atoms with Crippen LogP contribution in [0.25, 0.3) is 0 Å². The zero-order valence-electron chi connectivity index (χ0n) is 17.3. The summed E-state index contributed by atoms with van der Waals surface area (Å²) in [7, 11) is 0. The van der Waals surface area contributed by atoms with E-state index in [0.29, 0.717) is 19.3 Å². The van der Waals surface area contributed by atoms with E-state index in [2.05, 4.69) is 19.8 Å². The van der Waals surface area contributed by atoms with Gasteiger partial charge in [-0.2, -0.15) is 0 Å². The van der Waals surface area contributed by atoms with E-state index in [1.165, 1.54) is 0 Å². The lowest BCUT2D eigenvalue weighted by atomic mass is 9.71. The minimum absolute atomic E-state index is 0.250. The van der Waals surface area contributed by atoms with E-state index in [0.717, 1.165) is 62.8 Å². The summed E-state index contributed by atoms with van der Waals surface area (Å²) in [5.41, 5.74) is -0.965. The number of rotatable bonds is 6. The van der Waals surface area contributed by atoms with Crippen LogP contribution in [0.3, 0.4) is 0 Å². The molecule has 2 aliphatic heterocycles. The molecule has 1 aromatic rings. The molecule has 0 unspecified atom stereocenters. The Hall–Kier alpha value is -2.10. The second-order valence-corrected chi connectivity index (χ2v) is 8.66. The predicted octanol–water partition coefficient (Wildman–Crippen LogP) is 0.0298. The molecule has 0 aromatic carbocycles. The van der Waals surface area contributed by atoms with E-state index in [-0.39, 0.29) is 6.54 Å². The van der Waals surface area contributed by atoms with Crippen LogP contribution in [0.4, 0.5) is 5.95 Å². The largest absolute Gasteiger partial charge is 0.383 e. The zero-order chi connectivity index (χ0) is 21.1. The number of piperazine rings is 1. The average molecular weight is 418 g/mol. The van der Waals surface area contributed by atoms with Gasteiger partial charge in [0, 0.05) is 50.5 Å². The number of carbonyl (C=O) groups is 2. The number of aromatic nitrogens is 2. The highest BCUT2D eigenvalue weighted by Gasteiger charge is 2.58. The van der Waals surface area contributed by atoms with Gasteiger partial charge in [-0.05, 0) is 38.3 Å². The number of anilines is 1. The molecule has 0 radical (unpaired) electrons. The van der Waals surface area contributed by atoms with Crippen molar-refractivity contribution in [3.63, 3.8) is 0 Å². The van der Waals surface area contributed by atoms with E-state index < -0.39 is 29.4 Å². The smallest absolute Gasteiger partial charge is 0.258 e. The summed E-state index contributed by atoms with van der Waals surface area (Å²) in [5, 5.41) is 21.1. The molecular formula is C21H31N5O4. The van der Waals surface area contributed by atoms with Crippen molar-refractivity contribution in [3.8, 4) is 0 Å². The Kier molecular flexibility index (Phi) is 6.31. The third-order valence-electron chi connectivity index (χ3n) is 6.94. The second-order valence-electron chi connectivity index (χ2n) is 8.66. The van der Waals surface area contributed by atoms with Gasteiger partial charge >= 0.3 is 0 Å². The first-order valence-electron chi connectivity index (χ1n) is 11.0. The number of amides is 2. The summed E-state index contributed by atoms with van der Waals surface area (Å²) in [4.78, 5) is 39.4. The van der Waals surface area contributed by atoms with Gasteiger partial charge < -0.3 is 15.1 Å². The lowest BCUT2D eigenvalue weighted by Crippen LogP contribution is -2.64. The van der Waals surface area contributed by atoms with Crippen LogP contribution < -0.4 is 4.90 Å². The highest BCUT2D eigenvalue weighted by Crippen LogP contribution is 2.47. The first-order valence-corrected chi connectivity index (χ1v) is 11.0. The highest BCUT2D eigenvalue weighted by atomic mass is 16.3. The molecule has 4 rings (SSSR count). The minimum atomic E-state index is -1.28. The van der Waals surface area contributed by atoms with Crippen molar-refractivity contribution in [2.75, 3.05) is 44.2 Å². The van der Waals surface area contributed by atoms with Gasteiger partial charge in [0.25, 0.3) is 11.8 Å². The van der Waals surface area contributed by atoms with Crippen molar-refractivity contribution in [1.29, 1.82) is 0 Å². The maximum Gasteiger partial charge on any atom is 0.258 e. The van der Waals surface area contributed by atoms with Crippen LogP contribution in [0.1, 0.15) is 38.5 Å². The van der Waals surface area contributed by atoms with Gasteiger partial charge in [0.15, 0.2) is 0 Å². The van der Waals surface area contributed by atoms with Crippen LogP contribution in [0, 0.1) is 5.41 Å². The lowest BCUT2D eigenvalue weighted by molar-refractivity contribution is -0.183. The molecule has 0 bridgehead atoms. The zero-order valence-corrected chi connectivity index (χ0v) is 17.3. The Morgan fingerprint density at radius 2 is 1.47 bits per heavy atom. The predicted molar refractivity (Wildman–Crippen MR) is 110 cm³/mol. The summed E-state index contributed by atoms with van der Waals surface area (Å²) < 4.78 is 0. The van der Waals surface area contributed by atoms with Crippen LogP contribution in [-0.4, -0.2) is 93.3 Å². The van der Waals surface area contributed by atoms with E-state index in [9.17, 15) is 19.8 Å². The normalized spacial score (nSPS) is 27.3. The van der Waals surface area contributed by atoms with Gasteiger partial charge in [0.1, 0.15) is 12.2 Å². The fourth-order valence-corrected chi connectivity index (χ4v) is 5.08. The lowest BCUT2D eigenvalue weighted by Gasteiger charge is -2.44. The number of carbonyl (C=O) groups excluding carboxylic acids is 2. The molecule has 3 heterocycles. The Bertz CT molecular complexity index is 723. The van der Waals surface area contributed by atoms with Crippen molar-refractivity contribution < 1.29 is 19.8 Å². The molecule has 164 valence electrons. The molecule has 1 spiro atoms. The molecule has 1 saturated carbocycles. The van der Waals surface area contributed by atoms with Crippen molar-refractivity contribution in [3.05, 3.63) is 18.5 Å². The van der Waals surface area contributed by atoms with Crippen molar-refractivity contribution in [2.24, 2.45) is 5.41 Å². The van der Waals surface area contributed by atoms with Crippen molar-refractivity contribution in [2.45, 2.75) is 50.7 Å². The van der Waals surface area contributed by atoms with Gasteiger partial charge in [-0.1, -0.05) is 12.8 Å². The first-order chi connectivity index (χ1) is 14.5. The molecule has 30 heavy (non-hydrogen) atoms. The first kappa shape index (κ1) is 21.1. The molecule has 2 atom stereocenters. The third kappa shape index (κ3) is 3.93. The summed E-state index contributed by atoms with van der Waals surface area (Å²) in [6.07, 6.45) is 5.17. The summed E-state index contributed by atoms with van der Waals surface area (Å²) in [6, 6.07) is 1.81. The number of aliphatic hydroxyl groups is 2. The molecule has 2 saturated heterocycles. The van der Waals surface area contributed by atoms with E-state index in [4.69, 9.17) is 0 Å². The molecular weight excluding hydrogens is 386 g/mol. The topological polar surface area (TPSA) is 110 Å². The summed E-state index contributed by atoms with van der Waals surface area (Å²) >= 11 is 0. The third-order valence-corrected chi connectivity index (χ3v) is 6.94. The number of hydrogen-bond donors (Lipinski definition) is 2. The van der Waals surface area contributed by atoms with Crippen LogP contribution in [-0.2, 0) is 9.59 Å². The van der Waals surface area contributed by atoms with Crippen molar-refractivity contribution >= 4 is 17.8 Å². The fourth-order valence-electron chi connectivity index (χ4n) is 5.08. The average Bonchev–Trinajstić information content (AvgIpc) is 3.28.